The largest absolute Gasteiger partial charge is 0.368 e. The number of benzene rings is 3. The van der Waals surface area contributed by atoms with Crippen molar-refractivity contribution in [3.63, 3.8) is 0 Å². The predicted octanol–water partition coefficient (Wildman–Crippen LogP) is 4.61. The molecule has 0 atom stereocenters. The third-order valence-corrected chi connectivity index (χ3v) is 8.71. The van der Waals surface area contributed by atoms with Crippen molar-refractivity contribution in [2.45, 2.75) is 15.1 Å². The zero-order chi connectivity index (χ0) is 24.1. The number of hydrogen-bond acceptors (Lipinski definition) is 4. The van der Waals surface area contributed by atoms with Crippen molar-refractivity contribution >= 4 is 72.9 Å². The number of halogens is 3. The Morgan fingerprint density at radius 3 is 2.18 bits per heavy atom. The van der Waals surface area contributed by atoms with E-state index in [4.69, 9.17) is 34.8 Å². The molecule has 1 amide bonds. The van der Waals surface area contributed by atoms with Gasteiger partial charge < -0.3 is 9.80 Å². The van der Waals surface area contributed by atoms with Crippen LogP contribution >= 0.6 is 34.8 Å². The molecule has 6 nitrogen and oxygen atoms in total. The minimum Gasteiger partial charge on any atom is -0.368 e. The van der Waals surface area contributed by atoms with Gasteiger partial charge in [-0.2, -0.15) is 0 Å². The first-order valence-electron chi connectivity index (χ1n) is 10.9. The highest BCUT2D eigenvalue weighted by Crippen LogP contribution is 2.39. The summed E-state index contributed by atoms with van der Waals surface area (Å²) < 4.78 is 26.7. The Balaban J connectivity index is 1.40. The molecule has 0 N–H and O–H groups in total. The number of carbonyl (C=O) groups excluding carboxylic acids is 1. The van der Waals surface area contributed by atoms with E-state index in [0.717, 1.165) is 22.0 Å². The highest BCUT2D eigenvalue weighted by atomic mass is 35.6. The Morgan fingerprint density at radius 2 is 1.47 bits per heavy atom. The van der Waals surface area contributed by atoms with E-state index in [-0.39, 0.29) is 4.90 Å². The van der Waals surface area contributed by atoms with E-state index in [0.29, 0.717) is 44.8 Å². The quantitative estimate of drug-likeness (QED) is 0.457. The molecule has 0 unspecified atom stereocenters. The van der Waals surface area contributed by atoms with Crippen molar-refractivity contribution in [1.29, 1.82) is 0 Å². The second-order valence-electron chi connectivity index (χ2n) is 8.39. The lowest BCUT2D eigenvalue weighted by atomic mass is 10.1. The van der Waals surface area contributed by atoms with E-state index >= 15 is 0 Å². The second-order valence-corrected chi connectivity index (χ2v) is 12.5. The van der Waals surface area contributed by atoms with Crippen LogP contribution in [0.4, 0.5) is 11.4 Å². The standard InChI is InChI=1S/C24H22Cl3N3O3S/c25-24(26,27)23(31)29-14-12-28(13-15-29)21-6-3-7-22-20(21)10-11-30(22)34(32,33)19-9-8-17-4-1-2-5-18(17)16-19/h1-9,16H,10-15H2. The highest BCUT2D eigenvalue weighted by Gasteiger charge is 2.37. The van der Waals surface area contributed by atoms with Crippen LogP contribution in [0.1, 0.15) is 5.56 Å². The Bertz CT molecular complexity index is 1370. The molecule has 3 aromatic carbocycles. The first-order valence-corrected chi connectivity index (χ1v) is 13.5. The number of amides is 1. The van der Waals surface area contributed by atoms with Gasteiger partial charge in [0, 0.05) is 44.0 Å². The summed E-state index contributed by atoms with van der Waals surface area (Å²) in [6.45, 7) is 2.37. The van der Waals surface area contributed by atoms with Crippen molar-refractivity contribution in [2.24, 2.45) is 0 Å². The number of piperazine rings is 1. The molecule has 0 aliphatic carbocycles. The minimum atomic E-state index is -3.71. The van der Waals surface area contributed by atoms with Gasteiger partial charge in [0.15, 0.2) is 0 Å². The van der Waals surface area contributed by atoms with Gasteiger partial charge in [0.1, 0.15) is 0 Å². The molecule has 0 saturated carbocycles. The molecule has 1 fully saturated rings. The normalized spacial score (nSPS) is 16.7. The molecule has 5 rings (SSSR count). The topological polar surface area (TPSA) is 60.9 Å². The maximum Gasteiger partial charge on any atom is 0.274 e. The number of hydrogen-bond donors (Lipinski definition) is 0. The van der Waals surface area contributed by atoms with Gasteiger partial charge in [-0.05, 0) is 41.5 Å². The zero-order valence-electron chi connectivity index (χ0n) is 18.1. The lowest BCUT2D eigenvalue weighted by molar-refractivity contribution is -0.130. The molecule has 0 aromatic heterocycles. The molecule has 178 valence electrons. The molecular weight excluding hydrogens is 517 g/mol. The number of alkyl halides is 3. The Labute approximate surface area is 213 Å². The van der Waals surface area contributed by atoms with E-state index in [1.807, 2.05) is 48.5 Å². The van der Waals surface area contributed by atoms with Crippen LogP contribution in [0.25, 0.3) is 10.8 Å². The average Bonchev–Trinajstić information content (AvgIpc) is 3.28. The number of carbonyl (C=O) groups is 1. The van der Waals surface area contributed by atoms with E-state index in [2.05, 4.69) is 4.90 Å². The Kier molecular flexibility index (Phi) is 6.09. The molecule has 0 bridgehead atoms. The van der Waals surface area contributed by atoms with Crippen molar-refractivity contribution < 1.29 is 13.2 Å². The molecule has 2 aliphatic heterocycles. The van der Waals surface area contributed by atoms with E-state index < -0.39 is 19.7 Å². The van der Waals surface area contributed by atoms with E-state index in [9.17, 15) is 13.2 Å². The molecule has 34 heavy (non-hydrogen) atoms. The number of fused-ring (bicyclic) bond motifs is 2. The Hall–Kier alpha value is -2.19. The lowest BCUT2D eigenvalue weighted by Crippen LogP contribution is -2.52. The molecular formula is C24H22Cl3N3O3S. The number of sulfonamides is 1. The van der Waals surface area contributed by atoms with E-state index in [1.54, 1.807) is 17.0 Å². The summed E-state index contributed by atoms with van der Waals surface area (Å²) in [5.41, 5.74) is 2.67. The van der Waals surface area contributed by atoms with Crippen molar-refractivity contribution in [3.05, 3.63) is 66.2 Å². The smallest absolute Gasteiger partial charge is 0.274 e. The van der Waals surface area contributed by atoms with Crippen LogP contribution in [0.3, 0.4) is 0 Å². The summed E-state index contributed by atoms with van der Waals surface area (Å²) in [5, 5.41) is 1.89. The van der Waals surface area contributed by atoms with Gasteiger partial charge >= 0.3 is 0 Å². The van der Waals surface area contributed by atoms with Gasteiger partial charge in [-0.3, -0.25) is 9.10 Å². The van der Waals surface area contributed by atoms with Gasteiger partial charge in [0.05, 0.1) is 10.6 Å². The number of rotatable bonds is 3. The van der Waals surface area contributed by atoms with Crippen LogP contribution in [0.2, 0.25) is 0 Å². The summed E-state index contributed by atoms with van der Waals surface area (Å²) >= 11 is 17.3. The van der Waals surface area contributed by atoms with Crippen LogP contribution in [0, 0.1) is 0 Å². The fourth-order valence-electron chi connectivity index (χ4n) is 4.72. The number of anilines is 2. The van der Waals surface area contributed by atoms with E-state index in [1.165, 1.54) is 4.31 Å². The third kappa shape index (κ3) is 4.19. The summed E-state index contributed by atoms with van der Waals surface area (Å²) in [7, 11) is -3.71. The van der Waals surface area contributed by atoms with Crippen LogP contribution in [0.15, 0.2) is 65.6 Å². The van der Waals surface area contributed by atoms with Crippen LogP contribution in [-0.2, 0) is 21.2 Å². The average molecular weight is 539 g/mol. The first kappa shape index (κ1) is 23.5. The van der Waals surface area contributed by atoms with Gasteiger partial charge in [-0.15, -0.1) is 0 Å². The van der Waals surface area contributed by atoms with Gasteiger partial charge in [0.2, 0.25) is 0 Å². The minimum absolute atomic E-state index is 0.281. The molecule has 2 heterocycles. The monoisotopic (exact) mass is 537 g/mol. The van der Waals surface area contributed by atoms with Crippen LogP contribution < -0.4 is 9.21 Å². The van der Waals surface area contributed by atoms with Crippen molar-refractivity contribution in [3.8, 4) is 0 Å². The maximum atomic E-state index is 13.6. The van der Waals surface area contributed by atoms with Crippen LogP contribution in [-0.4, -0.2) is 55.7 Å². The van der Waals surface area contributed by atoms with Gasteiger partial charge in [0.25, 0.3) is 19.7 Å². The third-order valence-electron chi connectivity index (χ3n) is 6.42. The maximum absolute atomic E-state index is 13.6. The summed E-state index contributed by atoms with van der Waals surface area (Å²) in [6.07, 6.45) is 0.617. The number of nitrogens with zero attached hydrogens (tertiary/aromatic N) is 3. The summed E-state index contributed by atoms with van der Waals surface area (Å²) in [6, 6.07) is 18.7. The summed E-state index contributed by atoms with van der Waals surface area (Å²) in [4.78, 5) is 16.2. The lowest BCUT2D eigenvalue weighted by Gasteiger charge is -2.38. The molecule has 0 radical (unpaired) electrons. The van der Waals surface area contributed by atoms with Crippen molar-refractivity contribution in [1.82, 2.24) is 4.90 Å². The van der Waals surface area contributed by atoms with Crippen LogP contribution in [0.5, 0.6) is 0 Å². The fourth-order valence-corrected chi connectivity index (χ4v) is 6.61. The predicted molar refractivity (Wildman–Crippen MR) is 138 cm³/mol. The summed E-state index contributed by atoms with van der Waals surface area (Å²) in [5.74, 6) is -0.525. The SMILES string of the molecule is O=C(N1CCN(c2cccc3c2CCN3S(=O)(=O)c2ccc3ccccc3c2)CC1)C(Cl)(Cl)Cl. The van der Waals surface area contributed by atoms with Gasteiger partial charge in [-0.25, -0.2) is 8.42 Å². The fraction of sp³-hybridized carbons (Fsp3) is 0.292. The second kappa shape index (κ2) is 8.79. The zero-order valence-corrected chi connectivity index (χ0v) is 21.2. The first-order chi connectivity index (χ1) is 16.2. The Morgan fingerprint density at radius 1 is 0.794 bits per heavy atom. The molecule has 10 heteroatoms. The van der Waals surface area contributed by atoms with Crippen molar-refractivity contribution in [2.75, 3.05) is 41.9 Å². The molecule has 3 aromatic rings. The molecule has 2 aliphatic rings. The molecule has 1 saturated heterocycles. The van der Waals surface area contributed by atoms with Gasteiger partial charge in [-0.1, -0.05) is 71.2 Å². The molecule has 0 spiro atoms. The highest BCUT2D eigenvalue weighted by molar-refractivity contribution is 7.92.